The van der Waals surface area contributed by atoms with Crippen LogP contribution in [0.4, 0.5) is 0 Å². The van der Waals surface area contributed by atoms with Crippen LogP contribution >= 0.6 is 0 Å². The van der Waals surface area contributed by atoms with Gasteiger partial charge in [0.05, 0.1) is 11.5 Å². The topological polar surface area (TPSA) is 83.8 Å². The molecule has 0 amide bonds. The van der Waals surface area contributed by atoms with Crippen molar-refractivity contribution in [3.8, 4) is 0 Å². The number of aliphatic hydroxyl groups excluding tert-OH is 1. The molecule has 2 aromatic carbocycles. The molecule has 0 bridgehead atoms. The SMILES string of the molecule is O=S(=O)(O)c1ccc(COC(O)Cc2ccccc2)cc1. The van der Waals surface area contributed by atoms with Crippen LogP contribution in [0.2, 0.25) is 0 Å². The van der Waals surface area contributed by atoms with Gasteiger partial charge in [0, 0.05) is 6.42 Å². The summed E-state index contributed by atoms with van der Waals surface area (Å²) in [6, 6.07) is 15.1. The van der Waals surface area contributed by atoms with E-state index < -0.39 is 16.4 Å². The second-order valence-corrected chi connectivity index (χ2v) is 6.00. The van der Waals surface area contributed by atoms with E-state index in [9.17, 15) is 13.5 Å². The largest absolute Gasteiger partial charge is 0.368 e. The number of hydrogen-bond acceptors (Lipinski definition) is 4. The number of aliphatic hydroxyl groups is 1. The summed E-state index contributed by atoms with van der Waals surface area (Å²) in [7, 11) is -4.18. The van der Waals surface area contributed by atoms with Gasteiger partial charge in [-0.15, -0.1) is 0 Å². The minimum atomic E-state index is -4.18. The monoisotopic (exact) mass is 308 g/mol. The lowest BCUT2D eigenvalue weighted by molar-refractivity contribution is -0.106. The maximum Gasteiger partial charge on any atom is 0.294 e. The van der Waals surface area contributed by atoms with Crippen LogP contribution in [0, 0.1) is 0 Å². The molecule has 1 atom stereocenters. The maximum atomic E-state index is 10.9. The highest BCUT2D eigenvalue weighted by atomic mass is 32.2. The van der Waals surface area contributed by atoms with Crippen molar-refractivity contribution in [3.05, 3.63) is 65.7 Å². The van der Waals surface area contributed by atoms with Crippen molar-refractivity contribution in [2.45, 2.75) is 24.2 Å². The normalized spacial score (nSPS) is 13.0. The Hall–Kier alpha value is -1.73. The molecule has 0 saturated carbocycles. The minimum Gasteiger partial charge on any atom is -0.368 e. The maximum absolute atomic E-state index is 10.9. The molecule has 21 heavy (non-hydrogen) atoms. The van der Waals surface area contributed by atoms with Gasteiger partial charge in [0.2, 0.25) is 0 Å². The van der Waals surface area contributed by atoms with Crippen molar-refractivity contribution in [1.29, 1.82) is 0 Å². The van der Waals surface area contributed by atoms with E-state index in [1.54, 1.807) is 0 Å². The fourth-order valence-corrected chi connectivity index (χ4v) is 2.30. The van der Waals surface area contributed by atoms with Gasteiger partial charge in [-0.2, -0.15) is 8.42 Å². The smallest absolute Gasteiger partial charge is 0.294 e. The van der Waals surface area contributed by atoms with E-state index in [2.05, 4.69) is 0 Å². The first-order valence-corrected chi connectivity index (χ1v) is 7.79. The van der Waals surface area contributed by atoms with E-state index in [-0.39, 0.29) is 11.5 Å². The van der Waals surface area contributed by atoms with Crippen molar-refractivity contribution in [2.75, 3.05) is 0 Å². The number of benzene rings is 2. The standard InChI is InChI=1S/C15H16O5S/c16-15(10-12-4-2-1-3-5-12)20-11-13-6-8-14(9-7-13)21(17,18)19/h1-9,15-16H,10-11H2,(H,17,18,19). The van der Waals surface area contributed by atoms with Crippen molar-refractivity contribution < 1.29 is 22.8 Å². The molecule has 0 aliphatic heterocycles. The molecule has 0 fully saturated rings. The Balaban J connectivity index is 1.88. The van der Waals surface area contributed by atoms with Crippen LogP contribution in [0.1, 0.15) is 11.1 Å². The second-order valence-electron chi connectivity index (χ2n) is 4.57. The number of ether oxygens (including phenoxy) is 1. The third-order valence-electron chi connectivity index (χ3n) is 2.92. The molecular formula is C15H16O5S. The predicted molar refractivity (Wildman–Crippen MR) is 77.2 cm³/mol. The summed E-state index contributed by atoms with van der Waals surface area (Å²) in [4.78, 5) is -0.170. The number of hydrogen-bond donors (Lipinski definition) is 2. The summed E-state index contributed by atoms with van der Waals surface area (Å²) in [5.41, 5.74) is 1.67. The van der Waals surface area contributed by atoms with E-state index in [1.807, 2.05) is 30.3 Å². The first-order valence-electron chi connectivity index (χ1n) is 6.35. The van der Waals surface area contributed by atoms with Gasteiger partial charge in [0.25, 0.3) is 10.1 Å². The molecule has 5 nitrogen and oxygen atoms in total. The molecule has 1 unspecified atom stereocenters. The Morgan fingerprint density at radius 3 is 2.14 bits per heavy atom. The molecule has 0 heterocycles. The van der Waals surface area contributed by atoms with Gasteiger partial charge in [-0.1, -0.05) is 42.5 Å². The highest BCUT2D eigenvalue weighted by Crippen LogP contribution is 2.12. The summed E-state index contributed by atoms with van der Waals surface area (Å²) in [5, 5.41) is 9.79. The molecule has 0 aromatic heterocycles. The second kappa shape index (κ2) is 6.82. The Labute approximate surface area is 123 Å². The molecular weight excluding hydrogens is 292 g/mol. The fourth-order valence-electron chi connectivity index (χ4n) is 1.82. The summed E-state index contributed by atoms with van der Waals surface area (Å²) >= 11 is 0. The zero-order chi connectivity index (χ0) is 15.3. The Bertz CT molecular complexity index is 665. The molecule has 2 N–H and O–H groups in total. The molecule has 2 aromatic rings. The lowest BCUT2D eigenvalue weighted by Crippen LogP contribution is -2.15. The summed E-state index contributed by atoms with van der Waals surface area (Å²) in [5.74, 6) is 0. The third kappa shape index (κ3) is 4.95. The average molecular weight is 308 g/mol. The van der Waals surface area contributed by atoms with Crippen LogP contribution in [0.3, 0.4) is 0 Å². The lowest BCUT2D eigenvalue weighted by atomic mass is 10.1. The molecule has 0 saturated heterocycles. The Morgan fingerprint density at radius 2 is 1.57 bits per heavy atom. The van der Waals surface area contributed by atoms with Gasteiger partial charge < -0.3 is 9.84 Å². The van der Waals surface area contributed by atoms with Gasteiger partial charge >= 0.3 is 0 Å². The average Bonchev–Trinajstić information content (AvgIpc) is 2.46. The third-order valence-corrected chi connectivity index (χ3v) is 3.78. The van der Waals surface area contributed by atoms with Crippen LogP contribution in [0.15, 0.2) is 59.5 Å². The van der Waals surface area contributed by atoms with Crippen LogP contribution < -0.4 is 0 Å². The van der Waals surface area contributed by atoms with Gasteiger partial charge in [-0.3, -0.25) is 4.55 Å². The summed E-state index contributed by atoms with van der Waals surface area (Å²) in [6.07, 6.45) is -0.558. The molecule has 0 spiro atoms. The lowest BCUT2D eigenvalue weighted by Gasteiger charge is -2.12. The first-order chi connectivity index (χ1) is 9.95. The summed E-state index contributed by atoms with van der Waals surface area (Å²) in [6.45, 7) is 0.153. The van der Waals surface area contributed by atoms with Crippen molar-refractivity contribution in [3.63, 3.8) is 0 Å². The highest BCUT2D eigenvalue weighted by molar-refractivity contribution is 7.85. The van der Waals surface area contributed by atoms with Crippen molar-refractivity contribution >= 4 is 10.1 Å². The fraction of sp³-hybridized carbons (Fsp3) is 0.200. The first kappa shape index (κ1) is 15.7. The highest BCUT2D eigenvalue weighted by Gasteiger charge is 2.09. The van der Waals surface area contributed by atoms with E-state index in [0.29, 0.717) is 12.0 Å². The van der Waals surface area contributed by atoms with Crippen LogP contribution in [0.5, 0.6) is 0 Å². The zero-order valence-electron chi connectivity index (χ0n) is 11.2. The molecule has 0 aliphatic carbocycles. The molecule has 0 radical (unpaired) electrons. The quantitative estimate of drug-likeness (QED) is 0.630. The van der Waals surface area contributed by atoms with E-state index >= 15 is 0 Å². The van der Waals surface area contributed by atoms with Crippen molar-refractivity contribution in [1.82, 2.24) is 0 Å². The Kier molecular flexibility index (Phi) is 5.08. The van der Waals surface area contributed by atoms with Gasteiger partial charge in [-0.25, -0.2) is 0 Å². The molecule has 2 rings (SSSR count). The van der Waals surface area contributed by atoms with Gasteiger partial charge in [0.15, 0.2) is 6.29 Å². The van der Waals surface area contributed by atoms with E-state index in [0.717, 1.165) is 5.56 Å². The zero-order valence-corrected chi connectivity index (χ0v) is 12.0. The van der Waals surface area contributed by atoms with E-state index in [4.69, 9.17) is 9.29 Å². The van der Waals surface area contributed by atoms with E-state index in [1.165, 1.54) is 24.3 Å². The van der Waals surface area contributed by atoms with Gasteiger partial charge in [0.1, 0.15) is 0 Å². The molecule has 0 aliphatic rings. The van der Waals surface area contributed by atoms with Crippen molar-refractivity contribution in [2.24, 2.45) is 0 Å². The predicted octanol–water partition coefficient (Wildman–Crippen LogP) is 2.01. The summed E-state index contributed by atoms with van der Waals surface area (Å²) < 4.78 is 36.0. The van der Waals surface area contributed by atoms with Crippen LogP contribution in [-0.4, -0.2) is 24.4 Å². The Morgan fingerprint density at radius 1 is 0.952 bits per heavy atom. The van der Waals surface area contributed by atoms with Crippen LogP contribution in [0.25, 0.3) is 0 Å². The number of rotatable bonds is 6. The minimum absolute atomic E-state index is 0.153. The molecule has 6 heteroatoms. The molecule has 112 valence electrons. The van der Waals surface area contributed by atoms with Crippen LogP contribution in [-0.2, 0) is 27.9 Å². The van der Waals surface area contributed by atoms with Gasteiger partial charge in [-0.05, 0) is 23.3 Å².